The molecule has 1 atom stereocenters. The zero-order chi connectivity index (χ0) is 15.7. The summed E-state index contributed by atoms with van der Waals surface area (Å²) in [5.41, 5.74) is 1.20. The Morgan fingerprint density at radius 3 is 2.73 bits per heavy atom. The Labute approximate surface area is 136 Å². The van der Waals surface area contributed by atoms with E-state index >= 15 is 0 Å². The largest absolute Gasteiger partial charge is 0.394 e. The predicted molar refractivity (Wildman–Crippen MR) is 90.8 cm³/mol. The van der Waals surface area contributed by atoms with E-state index in [2.05, 4.69) is 30.0 Å². The van der Waals surface area contributed by atoms with Crippen LogP contribution in [0.4, 0.5) is 5.13 Å². The maximum absolute atomic E-state index is 9.63. The lowest BCUT2D eigenvalue weighted by Gasteiger charge is -2.27. The van der Waals surface area contributed by atoms with Crippen molar-refractivity contribution in [3.05, 3.63) is 11.9 Å². The van der Waals surface area contributed by atoms with Gasteiger partial charge in [0.1, 0.15) is 0 Å². The van der Waals surface area contributed by atoms with Crippen LogP contribution in [0.2, 0.25) is 0 Å². The first-order chi connectivity index (χ1) is 10.6. The minimum Gasteiger partial charge on any atom is -0.394 e. The van der Waals surface area contributed by atoms with Crippen LogP contribution in [0.15, 0.2) is 6.20 Å². The van der Waals surface area contributed by atoms with Gasteiger partial charge in [-0.05, 0) is 25.2 Å². The quantitative estimate of drug-likeness (QED) is 0.886. The SMILES string of the molecule is CC(C)CC(CO)N(C)c1nn2cc(C3CCCC3)nc2s1. The van der Waals surface area contributed by atoms with E-state index in [9.17, 15) is 5.11 Å². The minimum absolute atomic E-state index is 0.116. The highest BCUT2D eigenvalue weighted by Gasteiger charge is 2.23. The Balaban J connectivity index is 1.78. The summed E-state index contributed by atoms with van der Waals surface area (Å²) in [5, 5.41) is 15.2. The molecule has 122 valence electrons. The van der Waals surface area contributed by atoms with Gasteiger partial charge in [0.25, 0.3) is 0 Å². The van der Waals surface area contributed by atoms with Gasteiger partial charge >= 0.3 is 0 Å². The number of likely N-dealkylation sites (N-methyl/N-ethyl adjacent to an activating group) is 1. The molecule has 0 radical (unpaired) electrons. The van der Waals surface area contributed by atoms with Gasteiger partial charge in [-0.3, -0.25) is 0 Å². The van der Waals surface area contributed by atoms with Gasteiger partial charge in [-0.1, -0.05) is 38.0 Å². The molecular weight excluding hydrogens is 296 g/mol. The fourth-order valence-corrected chi connectivity index (χ4v) is 4.25. The molecule has 1 unspecified atom stereocenters. The lowest BCUT2D eigenvalue weighted by atomic mass is 10.0. The number of hydrogen-bond acceptors (Lipinski definition) is 5. The molecule has 1 aliphatic carbocycles. The molecule has 1 N–H and O–H groups in total. The normalized spacial score (nSPS) is 17.7. The Morgan fingerprint density at radius 2 is 2.14 bits per heavy atom. The monoisotopic (exact) mass is 322 g/mol. The maximum atomic E-state index is 9.63. The summed E-state index contributed by atoms with van der Waals surface area (Å²) in [6.07, 6.45) is 8.23. The van der Waals surface area contributed by atoms with Crippen LogP contribution in [0.25, 0.3) is 4.96 Å². The summed E-state index contributed by atoms with van der Waals surface area (Å²) in [4.78, 5) is 7.83. The lowest BCUT2D eigenvalue weighted by molar-refractivity contribution is 0.245. The molecule has 0 spiro atoms. The van der Waals surface area contributed by atoms with E-state index in [4.69, 9.17) is 4.98 Å². The Morgan fingerprint density at radius 1 is 1.41 bits per heavy atom. The predicted octanol–water partition coefficient (Wildman–Crippen LogP) is 3.29. The fourth-order valence-electron chi connectivity index (χ4n) is 3.32. The molecule has 3 rings (SSSR count). The number of hydrogen-bond donors (Lipinski definition) is 1. The summed E-state index contributed by atoms with van der Waals surface area (Å²) < 4.78 is 1.91. The number of nitrogens with zero attached hydrogens (tertiary/aromatic N) is 4. The van der Waals surface area contributed by atoms with Crippen LogP contribution in [0, 0.1) is 5.92 Å². The van der Waals surface area contributed by atoms with E-state index in [1.807, 2.05) is 11.6 Å². The maximum Gasteiger partial charge on any atom is 0.214 e. The second-order valence-electron chi connectivity index (χ2n) is 6.84. The number of fused-ring (bicyclic) bond motifs is 1. The van der Waals surface area contributed by atoms with Crippen molar-refractivity contribution in [3.8, 4) is 0 Å². The number of aliphatic hydroxyl groups is 1. The van der Waals surface area contributed by atoms with Crippen LogP contribution in [0.3, 0.4) is 0 Å². The third kappa shape index (κ3) is 3.13. The Hall–Kier alpha value is -1.14. The number of aromatic nitrogens is 3. The molecule has 0 aromatic carbocycles. The number of anilines is 1. The summed E-state index contributed by atoms with van der Waals surface area (Å²) in [7, 11) is 2.01. The van der Waals surface area contributed by atoms with Crippen molar-refractivity contribution >= 4 is 21.4 Å². The molecular formula is C16H26N4OS. The smallest absolute Gasteiger partial charge is 0.214 e. The minimum atomic E-state index is 0.116. The molecule has 1 aliphatic rings. The number of aliphatic hydroxyl groups excluding tert-OH is 1. The molecule has 0 amide bonds. The van der Waals surface area contributed by atoms with Crippen molar-refractivity contribution in [1.82, 2.24) is 14.6 Å². The van der Waals surface area contributed by atoms with E-state index in [0.29, 0.717) is 11.8 Å². The van der Waals surface area contributed by atoms with E-state index in [0.717, 1.165) is 16.5 Å². The third-order valence-electron chi connectivity index (χ3n) is 4.63. The van der Waals surface area contributed by atoms with Crippen LogP contribution in [-0.2, 0) is 0 Å². The van der Waals surface area contributed by atoms with Gasteiger partial charge in [0.15, 0.2) is 0 Å². The van der Waals surface area contributed by atoms with Gasteiger partial charge in [0, 0.05) is 13.0 Å². The summed E-state index contributed by atoms with van der Waals surface area (Å²) >= 11 is 1.61. The van der Waals surface area contributed by atoms with Crippen molar-refractivity contribution in [2.45, 2.75) is 57.9 Å². The first-order valence-corrected chi connectivity index (χ1v) is 9.10. The molecule has 2 aromatic heterocycles. The number of rotatable bonds is 6. The average Bonchev–Trinajstić information content (AvgIpc) is 3.17. The van der Waals surface area contributed by atoms with Crippen LogP contribution >= 0.6 is 11.3 Å². The summed E-state index contributed by atoms with van der Waals surface area (Å²) in [5.74, 6) is 1.18. The van der Waals surface area contributed by atoms with E-state index in [1.165, 1.54) is 31.4 Å². The van der Waals surface area contributed by atoms with Crippen LogP contribution in [0.5, 0.6) is 0 Å². The Kier molecular flexibility index (Phi) is 4.68. The van der Waals surface area contributed by atoms with Crippen molar-refractivity contribution < 1.29 is 5.11 Å². The summed E-state index contributed by atoms with van der Waals surface area (Å²) in [6, 6.07) is 0.116. The van der Waals surface area contributed by atoms with Crippen molar-refractivity contribution in [3.63, 3.8) is 0 Å². The first kappa shape index (κ1) is 15.7. The third-order valence-corrected chi connectivity index (χ3v) is 5.64. The van der Waals surface area contributed by atoms with Crippen molar-refractivity contribution in [2.24, 2.45) is 5.92 Å². The lowest BCUT2D eigenvalue weighted by Crippen LogP contribution is -2.35. The van der Waals surface area contributed by atoms with Gasteiger partial charge in [0.05, 0.1) is 24.5 Å². The van der Waals surface area contributed by atoms with Gasteiger partial charge in [-0.25, -0.2) is 9.50 Å². The molecule has 2 aromatic rings. The molecule has 1 saturated carbocycles. The zero-order valence-corrected chi connectivity index (χ0v) is 14.5. The highest BCUT2D eigenvalue weighted by atomic mass is 32.1. The molecule has 6 heteroatoms. The van der Waals surface area contributed by atoms with Gasteiger partial charge in [-0.2, -0.15) is 0 Å². The molecule has 5 nitrogen and oxygen atoms in total. The second-order valence-corrected chi connectivity index (χ2v) is 7.77. The van der Waals surface area contributed by atoms with Crippen LogP contribution in [0.1, 0.15) is 57.6 Å². The van der Waals surface area contributed by atoms with Crippen molar-refractivity contribution in [1.29, 1.82) is 0 Å². The van der Waals surface area contributed by atoms with E-state index < -0.39 is 0 Å². The number of imidazole rings is 1. The van der Waals surface area contributed by atoms with Gasteiger partial charge in [0.2, 0.25) is 10.1 Å². The molecule has 0 aliphatic heterocycles. The van der Waals surface area contributed by atoms with Crippen LogP contribution in [-0.4, -0.2) is 39.4 Å². The molecule has 1 fully saturated rings. The molecule has 0 bridgehead atoms. The van der Waals surface area contributed by atoms with Gasteiger partial charge in [-0.15, -0.1) is 5.10 Å². The first-order valence-electron chi connectivity index (χ1n) is 8.28. The Bertz CT molecular complexity index is 583. The molecule has 22 heavy (non-hydrogen) atoms. The van der Waals surface area contributed by atoms with E-state index in [-0.39, 0.29) is 12.6 Å². The van der Waals surface area contributed by atoms with Gasteiger partial charge < -0.3 is 10.0 Å². The second kappa shape index (κ2) is 6.54. The fraction of sp³-hybridized carbons (Fsp3) is 0.750. The standard InChI is InChI=1S/C16H26N4OS/c1-11(2)8-13(10-21)19(3)16-18-20-9-14(17-15(20)22-16)12-6-4-5-7-12/h9,11-13,21H,4-8,10H2,1-3H3. The molecule has 2 heterocycles. The molecule has 0 saturated heterocycles. The highest BCUT2D eigenvalue weighted by Crippen LogP contribution is 2.35. The summed E-state index contributed by atoms with van der Waals surface area (Å²) in [6.45, 7) is 4.52. The van der Waals surface area contributed by atoms with Crippen molar-refractivity contribution in [2.75, 3.05) is 18.6 Å². The topological polar surface area (TPSA) is 53.7 Å². The van der Waals surface area contributed by atoms with E-state index in [1.54, 1.807) is 11.3 Å². The zero-order valence-electron chi connectivity index (χ0n) is 13.7. The average molecular weight is 322 g/mol. The highest BCUT2D eigenvalue weighted by molar-refractivity contribution is 7.20. The van der Waals surface area contributed by atoms with Crippen LogP contribution < -0.4 is 4.90 Å².